The van der Waals surface area contributed by atoms with Crippen molar-refractivity contribution in [2.45, 2.75) is 6.92 Å². The fourth-order valence-electron chi connectivity index (χ4n) is 1.99. The van der Waals surface area contributed by atoms with E-state index in [1.54, 1.807) is 4.03 Å². The van der Waals surface area contributed by atoms with Gasteiger partial charge in [0.25, 0.3) is 0 Å². The number of amides is 1. The number of hydrazone groups is 1. The summed E-state index contributed by atoms with van der Waals surface area (Å²) in [7, 11) is 0. The standard InChI is InChI=1S/C17H13BrN2OSe/c1-12-16(11-13-5-3-2-4-6-13)22-20(19-12)17(21)14-7-9-15(18)10-8-14/h2-11H,1H3. The molecular formula is C17H13BrN2OSe. The molecular weight excluding hydrogens is 407 g/mol. The number of carbonyl (C=O) groups is 1. The van der Waals surface area contributed by atoms with Crippen LogP contribution in [-0.4, -0.2) is 30.8 Å². The van der Waals surface area contributed by atoms with Crippen molar-refractivity contribution in [3.63, 3.8) is 0 Å². The van der Waals surface area contributed by atoms with E-state index in [1.165, 1.54) is 0 Å². The Hall–Kier alpha value is -1.68. The Morgan fingerprint density at radius 2 is 1.82 bits per heavy atom. The van der Waals surface area contributed by atoms with Gasteiger partial charge in [0.1, 0.15) is 0 Å². The molecule has 0 N–H and O–H groups in total. The summed E-state index contributed by atoms with van der Waals surface area (Å²) in [6.07, 6.45) is 2.10. The Bertz CT molecular complexity index is 754. The molecule has 5 heteroatoms. The Labute approximate surface area is 144 Å². The minimum atomic E-state index is -0.121. The average molecular weight is 420 g/mol. The van der Waals surface area contributed by atoms with E-state index >= 15 is 0 Å². The van der Waals surface area contributed by atoms with E-state index in [0.717, 1.165) is 20.2 Å². The molecule has 0 unspecified atom stereocenters. The van der Waals surface area contributed by atoms with Crippen molar-refractivity contribution in [2.24, 2.45) is 5.10 Å². The number of hydrogen-bond donors (Lipinski definition) is 0. The van der Waals surface area contributed by atoms with Gasteiger partial charge in [-0.3, -0.25) is 0 Å². The summed E-state index contributed by atoms with van der Waals surface area (Å²) >= 11 is 3.26. The number of halogens is 1. The van der Waals surface area contributed by atoms with Crippen LogP contribution in [0.5, 0.6) is 0 Å². The van der Waals surface area contributed by atoms with Crippen LogP contribution in [0, 0.1) is 0 Å². The quantitative estimate of drug-likeness (QED) is 0.678. The molecule has 0 saturated heterocycles. The monoisotopic (exact) mass is 420 g/mol. The van der Waals surface area contributed by atoms with Crippen LogP contribution in [0.3, 0.4) is 0 Å². The summed E-state index contributed by atoms with van der Waals surface area (Å²) in [5.74, 6) is -0.0525. The van der Waals surface area contributed by atoms with Crippen molar-refractivity contribution >= 4 is 48.8 Å². The van der Waals surface area contributed by atoms with Crippen LogP contribution < -0.4 is 0 Å². The van der Waals surface area contributed by atoms with E-state index < -0.39 is 0 Å². The van der Waals surface area contributed by atoms with Crippen LogP contribution in [0.1, 0.15) is 22.8 Å². The van der Waals surface area contributed by atoms with Crippen molar-refractivity contribution in [3.8, 4) is 0 Å². The number of benzene rings is 2. The predicted octanol–water partition coefficient (Wildman–Crippen LogP) is 3.94. The molecule has 0 atom stereocenters. The Morgan fingerprint density at radius 3 is 2.50 bits per heavy atom. The summed E-state index contributed by atoms with van der Waals surface area (Å²) in [4.78, 5) is 12.5. The molecule has 0 saturated carbocycles. The molecule has 110 valence electrons. The maximum atomic E-state index is 12.5. The normalized spacial score (nSPS) is 16.0. The van der Waals surface area contributed by atoms with Gasteiger partial charge in [-0.15, -0.1) is 0 Å². The fraction of sp³-hybridized carbons (Fsp3) is 0.0588. The first-order valence-corrected chi connectivity index (χ1v) is 9.15. The van der Waals surface area contributed by atoms with Gasteiger partial charge >= 0.3 is 144 Å². The second-order valence-corrected chi connectivity index (χ2v) is 7.73. The Kier molecular flexibility index (Phi) is 4.57. The molecule has 22 heavy (non-hydrogen) atoms. The Morgan fingerprint density at radius 1 is 1.14 bits per heavy atom. The molecule has 1 aliphatic heterocycles. The molecule has 1 heterocycles. The Balaban J connectivity index is 1.80. The molecule has 3 nitrogen and oxygen atoms in total. The van der Waals surface area contributed by atoms with Gasteiger partial charge in [0.05, 0.1) is 0 Å². The van der Waals surface area contributed by atoms with Gasteiger partial charge in [0, 0.05) is 0 Å². The van der Waals surface area contributed by atoms with E-state index in [-0.39, 0.29) is 21.1 Å². The van der Waals surface area contributed by atoms with Crippen molar-refractivity contribution in [2.75, 3.05) is 0 Å². The zero-order valence-corrected chi connectivity index (χ0v) is 15.2. The van der Waals surface area contributed by atoms with Crippen molar-refractivity contribution in [1.29, 1.82) is 0 Å². The van der Waals surface area contributed by atoms with Gasteiger partial charge in [-0.05, 0) is 0 Å². The van der Waals surface area contributed by atoms with E-state index in [9.17, 15) is 4.79 Å². The molecule has 1 aliphatic rings. The molecule has 0 spiro atoms. The summed E-state index contributed by atoms with van der Waals surface area (Å²) in [5, 5.41) is 4.41. The fourth-order valence-corrected chi connectivity index (χ4v) is 4.14. The first-order chi connectivity index (χ1) is 10.6. The number of nitrogens with zero attached hydrogens (tertiary/aromatic N) is 2. The van der Waals surface area contributed by atoms with Gasteiger partial charge in [0.15, 0.2) is 0 Å². The van der Waals surface area contributed by atoms with Crippen molar-refractivity contribution in [1.82, 2.24) is 4.03 Å². The molecule has 0 aliphatic carbocycles. The van der Waals surface area contributed by atoms with Crippen LogP contribution in [0.4, 0.5) is 0 Å². The van der Waals surface area contributed by atoms with Crippen LogP contribution in [-0.2, 0) is 0 Å². The first kappa shape index (κ1) is 15.2. The summed E-state index contributed by atoms with van der Waals surface area (Å²) in [6.45, 7) is 1.95. The SMILES string of the molecule is CC1=NN(C(=O)c2ccc(Br)cc2)[Se]C1=Cc1ccccc1. The van der Waals surface area contributed by atoms with Gasteiger partial charge in [-0.25, -0.2) is 0 Å². The zero-order valence-electron chi connectivity index (χ0n) is 11.9. The number of hydrogen-bond acceptors (Lipinski definition) is 2. The van der Waals surface area contributed by atoms with Gasteiger partial charge < -0.3 is 0 Å². The molecule has 3 rings (SSSR count). The van der Waals surface area contributed by atoms with E-state index in [2.05, 4.69) is 39.2 Å². The van der Waals surface area contributed by atoms with E-state index in [1.807, 2.05) is 49.4 Å². The molecule has 0 radical (unpaired) electrons. The van der Waals surface area contributed by atoms with Gasteiger partial charge in [0.2, 0.25) is 0 Å². The molecule has 0 aromatic heterocycles. The number of carbonyl (C=O) groups excluding carboxylic acids is 1. The van der Waals surface area contributed by atoms with Crippen molar-refractivity contribution in [3.05, 3.63) is 74.7 Å². The van der Waals surface area contributed by atoms with Crippen LogP contribution in [0.2, 0.25) is 0 Å². The first-order valence-electron chi connectivity index (χ1n) is 6.74. The van der Waals surface area contributed by atoms with E-state index in [0.29, 0.717) is 5.56 Å². The zero-order chi connectivity index (χ0) is 15.5. The van der Waals surface area contributed by atoms with Crippen molar-refractivity contribution < 1.29 is 4.79 Å². The third-order valence-electron chi connectivity index (χ3n) is 3.14. The molecule has 0 bridgehead atoms. The second-order valence-electron chi connectivity index (χ2n) is 4.78. The van der Waals surface area contributed by atoms with Gasteiger partial charge in [-0.1, -0.05) is 0 Å². The topological polar surface area (TPSA) is 32.7 Å². The minimum absolute atomic E-state index is 0.0525. The molecule has 2 aromatic rings. The van der Waals surface area contributed by atoms with Crippen LogP contribution in [0.25, 0.3) is 6.08 Å². The third-order valence-corrected chi connectivity index (χ3v) is 5.83. The van der Waals surface area contributed by atoms with E-state index in [4.69, 9.17) is 0 Å². The predicted molar refractivity (Wildman–Crippen MR) is 93.6 cm³/mol. The summed E-state index contributed by atoms with van der Waals surface area (Å²) in [5.41, 5.74) is 2.70. The summed E-state index contributed by atoms with van der Waals surface area (Å²) < 4.78 is 3.67. The number of rotatable bonds is 2. The second kappa shape index (κ2) is 6.61. The molecule has 2 aromatic carbocycles. The molecule has 1 amide bonds. The van der Waals surface area contributed by atoms with Gasteiger partial charge in [-0.2, -0.15) is 0 Å². The molecule has 0 fully saturated rings. The third kappa shape index (κ3) is 3.38. The van der Waals surface area contributed by atoms with Crippen LogP contribution in [0.15, 0.2) is 68.6 Å². The van der Waals surface area contributed by atoms with Crippen LogP contribution >= 0.6 is 15.9 Å². The number of allylic oxidation sites excluding steroid dienone is 1. The maximum absolute atomic E-state index is 12.5. The average Bonchev–Trinajstić information content (AvgIpc) is 2.89. The summed E-state index contributed by atoms with van der Waals surface area (Å²) in [6, 6.07) is 17.5.